The molecule has 106 valence electrons. The van der Waals surface area contributed by atoms with Gasteiger partial charge in [0.25, 0.3) is 0 Å². The van der Waals surface area contributed by atoms with Gasteiger partial charge >= 0.3 is 0 Å². The van der Waals surface area contributed by atoms with E-state index in [1.165, 1.54) is 47.9 Å². The van der Waals surface area contributed by atoms with Gasteiger partial charge in [-0.25, -0.2) is 4.98 Å². The van der Waals surface area contributed by atoms with E-state index in [1.807, 2.05) is 5.51 Å². The van der Waals surface area contributed by atoms with E-state index in [2.05, 4.69) is 46.4 Å². The monoisotopic (exact) mass is 287 g/mol. The molecule has 2 aromatic rings. The molecule has 3 nitrogen and oxygen atoms in total. The third kappa shape index (κ3) is 3.12. The predicted octanol–water partition coefficient (Wildman–Crippen LogP) is 3.71. The van der Waals surface area contributed by atoms with Crippen LogP contribution in [0.2, 0.25) is 0 Å². The largest absolute Gasteiger partial charge is 0.385 e. The third-order valence-electron chi connectivity index (χ3n) is 3.86. The molecule has 1 fully saturated rings. The zero-order chi connectivity index (χ0) is 13.8. The highest BCUT2D eigenvalue weighted by atomic mass is 32.1. The van der Waals surface area contributed by atoms with Crippen molar-refractivity contribution in [3.05, 3.63) is 40.3 Å². The fraction of sp³-hybridized carbons (Fsp3) is 0.438. The maximum Gasteiger partial charge on any atom is 0.0797 e. The Morgan fingerprint density at radius 2 is 1.95 bits per heavy atom. The van der Waals surface area contributed by atoms with Crippen LogP contribution in [0.4, 0.5) is 11.4 Å². The highest BCUT2D eigenvalue weighted by Crippen LogP contribution is 2.22. The lowest BCUT2D eigenvalue weighted by Crippen LogP contribution is -2.17. The summed E-state index contributed by atoms with van der Waals surface area (Å²) >= 11 is 1.75. The summed E-state index contributed by atoms with van der Waals surface area (Å²) in [7, 11) is 0. The van der Waals surface area contributed by atoms with Gasteiger partial charge < -0.3 is 10.2 Å². The summed E-state index contributed by atoms with van der Waals surface area (Å²) < 4.78 is 0. The summed E-state index contributed by atoms with van der Waals surface area (Å²) in [6, 6.07) is 8.83. The number of thiazole rings is 1. The lowest BCUT2D eigenvalue weighted by Gasteiger charge is -2.18. The number of nitrogens with one attached hydrogen (secondary N) is 1. The zero-order valence-electron chi connectivity index (χ0n) is 11.9. The molecular formula is C16H21N3S. The van der Waals surface area contributed by atoms with Crippen molar-refractivity contribution >= 4 is 22.7 Å². The molecule has 1 aromatic carbocycles. The first-order valence-corrected chi connectivity index (χ1v) is 8.19. The van der Waals surface area contributed by atoms with E-state index in [1.54, 1.807) is 11.3 Å². The summed E-state index contributed by atoms with van der Waals surface area (Å²) in [5, 5.41) is 3.49. The van der Waals surface area contributed by atoms with Crippen molar-refractivity contribution in [2.75, 3.05) is 29.9 Å². The Hall–Kier alpha value is -1.55. The molecule has 1 saturated heterocycles. The first-order valence-electron chi connectivity index (χ1n) is 7.31. The normalized spacial score (nSPS) is 14.8. The van der Waals surface area contributed by atoms with Gasteiger partial charge in [0.05, 0.1) is 11.2 Å². The Labute approximate surface area is 124 Å². The van der Waals surface area contributed by atoms with Gasteiger partial charge in [-0.1, -0.05) is 0 Å². The topological polar surface area (TPSA) is 28.2 Å². The average Bonchev–Trinajstić information content (AvgIpc) is 3.12. The van der Waals surface area contributed by atoms with E-state index in [0.717, 1.165) is 13.0 Å². The van der Waals surface area contributed by atoms with Crippen LogP contribution >= 0.6 is 11.3 Å². The van der Waals surface area contributed by atoms with Gasteiger partial charge in [0, 0.05) is 42.3 Å². The van der Waals surface area contributed by atoms with Crippen LogP contribution in [0.5, 0.6) is 0 Å². The molecule has 0 radical (unpaired) electrons. The van der Waals surface area contributed by atoms with E-state index in [9.17, 15) is 0 Å². The SMILES string of the molecule is Cc1ncsc1CCNc1ccc(N2CCCC2)cc1. The quantitative estimate of drug-likeness (QED) is 0.908. The second-order valence-electron chi connectivity index (χ2n) is 5.28. The van der Waals surface area contributed by atoms with Crippen LogP contribution < -0.4 is 10.2 Å². The lowest BCUT2D eigenvalue weighted by atomic mass is 10.2. The summed E-state index contributed by atoms with van der Waals surface area (Å²) in [5.41, 5.74) is 5.65. The molecule has 1 aromatic heterocycles. The van der Waals surface area contributed by atoms with Crippen LogP contribution in [0, 0.1) is 6.92 Å². The molecule has 20 heavy (non-hydrogen) atoms. The highest BCUT2D eigenvalue weighted by Gasteiger charge is 2.11. The van der Waals surface area contributed by atoms with E-state index < -0.39 is 0 Å². The van der Waals surface area contributed by atoms with Crippen molar-refractivity contribution in [3.63, 3.8) is 0 Å². The van der Waals surface area contributed by atoms with E-state index in [-0.39, 0.29) is 0 Å². The fourth-order valence-electron chi connectivity index (χ4n) is 2.65. The summed E-state index contributed by atoms with van der Waals surface area (Å²) in [5.74, 6) is 0. The van der Waals surface area contributed by atoms with Crippen molar-refractivity contribution in [2.24, 2.45) is 0 Å². The molecule has 2 heterocycles. The van der Waals surface area contributed by atoms with Crippen LogP contribution in [0.25, 0.3) is 0 Å². The average molecular weight is 287 g/mol. The Morgan fingerprint density at radius 1 is 1.20 bits per heavy atom. The molecule has 1 N–H and O–H groups in total. The van der Waals surface area contributed by atoms with Crippen LogP contribution in [0.15, 0.2) is 29.8 Å². The summed E-state index contributed by atoms with van der Waals surface area (Å²) in [6.45, 7) is 5.46. The van der Waals surface area contributed by atoms with Crippen molar-refractivity contribution in [1.82, 2.24) is 4.98 Å². The molecule has 0 atom stereocenters. The van der Waals surface area contributed by atoms with Gasteiger partial charge in [-0.3, -0.25) is 0 Å². The van der Waals surface area contributed by atoms with Gasteiger partial charge in [-0.05, 0) is 44.0 Å². The molecular weight excluding hydrogens is 266 g/mol. The Balaban J connectivity index is 1.52. The minimum Gasteiger partial charge on any atom is -0.385 e. The Kier molecular flexibility index (Phi) is 4.21. The van der Waals surface area contributed by atoms with Crippen LogP contribution in [-0.2, 0) is 6.42 Å². The molecule has 0 aliphatic carbocycles. The molecule has 4 heteroatoms. The van der Waals surface area contributed by atoms with Crippen molar-refractivity contribution in [2.45, 2.75) is 26.2 Å². The minimum absolute atomic E-state index is 0.964. The smallest absolute Gasteiger partial charge is 0.0797 e. The van der Waals surface area contributed by atoms with E-state index in [0.29, 0.717) is 0 Å². The number of rotatable bonds is 5. The maximum absolute atomic E-state index is 4.28. The first kappa shape index (κ1) is 13.4. The zero-order valence-corrected chi connectivity index (χ0v) is 12.7. The van der Waals surface area contributed by atoms with Crippen LogP contribution in [0.3, 0.4) is 0 Å². The second-order valence-corrected chi connectivity index (χ2v) is 6.22. The minimum atomic E-state index is 0.964. The number of hydrogen-bond acceptors (Lipinski definition) is 4. The van der Waals surface area contributed by atoms with E-state index in [4.69, 9.17) is 0 Å². The fourth-order valence-corrected chi connectivity index (χ4v) is 3.43. The standard InChI is InChI=1S/C16H21N3S/c1-13-16(20-12-18-13)8-9-17-14-4-6-15(7-5-14)19-10-2-3-11-19/h4-7,12,17H,2-3,8-11H2,1H3. The molecule has 1 aliphatic heterocycles. The van der Waals surface area contributed by atoms with Gasteiger partial charge in [0.15, 0.2) is 0 Å². The lowest BCUT2D eigenvalue weighted by molar-refractivity contribution is 0.949. The molecule has 0 amide bonds. The van der Waals surface area contributed by atoms with E-state index >= 15 is 0 Å². The number of anilines is 2. The number of aryl methyl sites for hydroxylation is 1. The molecule has 0 saturated carbocycles. The van der Waals surface area contributed by atoms with Crippen LogP contribution in [-0.4, -0.2) is 24.6 Å². The first-order chi connectivity index (χ1) is 9.83. The van der Waals surface area contributed by atoms with Crippen molar-refractivity contribution < 1.29 is 0 Å². The van der Waals surface area contributed by atoms with Crippen molar-refractivity contribution in [3.8, 4) is 0 Å². The number of aromatic nitrogens is 1. The Bertz CT molecular complexity index is 541. The highest BCUT2D eigenvalue weighted by molar-refractivity contribution is 7.09. The Morgan fingerprint density at radius 3 is 2.60 bits per heavy atom. The molecule has 0 unspecified atom stereocenters. The summed E-state index contributed by atoms with van der Waals surface area (Å²) in [4.78, 5) is 8.13. The van der Waals surface area contributed by atoms with Gasteiger partial charge in [-0.2, -0.15) is 0 Å². The number of benzene rings is 1. The maximum atomic E-state index is 4.28. The predicted molar refractivity (Wildman–Crippen MR) is 86.9 cm³/mol. The second kappa shape index (κ2) is 6.27. The van der Waals surface area contributed by atoms with Crippen molar-refractivity contribution in [1.29, 1.82) is 0 Å². The van der Waals surface area contributed by atoms with Gasteiger partial charge in [0.1, 0.15) is 0 Å². The molecule has 0 spiro atoms. The summed E-state index contributed by atoms with van der Waals surface area (Å²) in [6.07, 6.45) is 3.70. The molecule has 3 rings (SSSR count). The molecule has 0 bridgehead atoms. The van der Waals surface area contributed by atoms with Crippen LogP contribution in [0.1, 0.15) is 23.4 Å². The van der Waals surface area contributed by atoms with Gasteiger partial charge in [-0.15, -0.1) is 11.3 Å². The van der Waals surface area contributed by atoms with Gasteiger partial charge in [0.2, 0.25) is 0 Å². The third-order valence-corrected chi connectivity index (χ3v) is 4.86. The number of hydrogen-bond donors (Lipinski definition) is 1. The number of nitrogens with zero attached hydrogens (tertiary/aromatic N) is 2. The molecule has 1 aliphatic rings.